The molecule has 0 saturated carbocycles. The van der Waals surface area contributed by atoms with Gasteiger partial charge in [0.15, 0.2) is 0 Å². The molecule has 0 amide bonds. The van der Waals surface area contributed by atoms with Crippen LogP contribution in [0, 0.1) is 24.7 Å². The summed E-state index contributed by atoms with van der Waals surface area (Å²) in [6, 6.07) is 7.87. The van der Waals surface area contributed by atoms with Crippen molar-refractivity contribution in [3.63, 3.8) is 0 Å². The SMILES string of the molecule is Cc1cccc(C#CC(=O)CC(C)C)c1. The summed E-state index contributed by atoms with van der Waals surface area (Å²) in [5.74, 6) is 5.96. The first-order valence-corrected chi connectivity index (χ1v) is 5.19. The van der Waals surface area contributed by atoms with Crippen molar-refractivity contribution in [2.75, 3.05) is 0 Å². The number of carbonyl (C=O) groups is 1. The lowest BCUT2D eigenvalue weighted by molar-refractivity contribution is -0.114. The van der Waals surface area contributed by atoms with Crippen LogP contribution in [0.5, 0.6) is 0 Å². The number of carbonyl (C=O) groups excluding carboxylic acids is 1. The summed E-state index contributed by atoms with van der Waals surface area (Å²) < 4.78 is 0. The van der Waals surface area contributed by atoms with Crippen LogP contribution in [0.15, 0.2) is 24.3 Å². The zero-order valence-corrected chi connectivity index (χ0v) is 9.50. The van der Waals surface area contributed by atoms with Crippen molar-refractivity contribution < 1.29 is 4.79 Å². The molecule has 0 saturated heterocycles. The topological polar surface area (TPSA) is 17.1 Å². The van der Waals surface area contributed by atoms with Crippen molar-refractivity contribution in [3.8, 4) is 11.8 Å². The van der Waals surface area contributed by atoms with Gasteiger partial charge in [-0.2, -0.15) is 0 Å². The first kappa shape index (κ1) is 11.5. The molecule has 0 aromatic heterocycles. The molecule has 0 unspecified atom stereocenters. The van der Waals surface area contributed by atoms with Gasteiger partial charge in [0, 0.05) is 12.0 Å². The highest BCUT2D eigenvalue weighted by molar-refractivity contribution is 5.96. The molecule has 0 N–H and O–H groups in total. The number of aryl methyl sites for hydroxylation is 1. The maximum atomic E-state index is 11.3. The summed E-state index contributed by atoms with van der Waals surface area (Å²) >= 11 is 0. The van der Waals surface area contributed by atoms with Gasteiger partial charge in [-0.3, -0.25) is 4.79 Å². The molecule has 15 heavy (non-hydrogen) atoms. The summed E-state index contributed by atoms with van der Waals surface area (Å²) in [7, 11) is 0. The van der Waals surface area contributed by atoms with Gasteiger partial charge < -0.3 is 0 Å². The van der Waals surface area contributed by atoms with Crippen LogP contribution in [0.1, 0.15) is 31.4 Å². The maximum absolute atomic E-state index is 11.3. The predicted molar refractivity (Wildman–Crippen MR) is 62.5 cm³/mol. The smallest absolute Gasteiger partial charge is 0.206 e. The summed E-state index contributed by atoms with van der Waals surface area (Å²) in [6.45, 7) is 6.06. The summed E-state index contributed by atoms with van der Waals surface area (Å²) in [5.41, 5.74) is 2.07. The second kappa shape index (κ2) is 5.36. The second-order valence-electron chi connectivity index (χ2n) is 4.14. The molecule has 1 rings (SSSR count). The Morgan fingerprint density at radius 2 is 2.13 bits per heavy atom. The van der Waals surface area contributed by atoms with Gasteiger partial charge in [-0.05, 0) is 36.5 Å². The minimum Gasteiger partial charge on any atom is -0.285 e. The molecular formula is C14H16O. The van der Waals surface area contributed by atoms with Gasteiger partial charge in [0.05, 0.1) is 0 Å². The number of ketones is 1. The molecule has 1 aromatic carbocycles. The van der Waals surface area contributed by atoms with Crippen molar-refractivity contribution in [1.29, 1.82) is 0 Å². The Bertz CT molecular complexity index is 405. The van der Waals surface area contributed by atoms with E-state index in [2.05, 4.69) is 11.8 Å². The first-order valence-electron chi connectivity index (χ1n) is 5.19. The molecular weight excluding hydrogens is 184 g/mol. The lowest BCUT2D eigenvalue weighted by Gasteiger charge is -1.96. The van der Waals surface area contributed by atoms with Gasteiger partial charge in [0.2, 0.25) is 5.78 Å². The van der Waals surface area contributed by atoms with Crippen molar-refractivity contribution in [2.24, 2.45) is 5.92 Å². The van der Waals surface area contributed by atoms with E-state index >= 15 is 0 Å². The molecule has 0 fully saturated rings. The van der Waals surface area contributed by atoms with E-state index in [0.29, 0.717) is 12.3 Å². The Labute approximate surface area is 91.5 Å². The Balaban J connectivity index is 2.69. The molecule has 1 aromatic rings. The van der Waals surface area contributed by atoms with Crippen LogP contribution in [0.4, 0.5) is 0 Å². The molecule has 0 aliphatic rings. The quantitative estimate of drug-likeness (QED) is 0.671. The van der Waals surface area contributed by atoms with Gasteiger partial charge >= 0.3 is 0 Å². The fourth-order valence-electron chi connectivity index (χ4n) is 1.29. The van der Waals surface area contributed by atoms with Crippen LogP contribution in [0.2, 0.25) is 0 Å². The predicted octanol–water partition coefficient (Wildman–Crippen LogP) is 2.96. The highest BCUT2D eigenvalue weighted by Gasteiger charge is 2.00. The Hall–Kier alpha value is -1.55. The standard InChI is InChI=1S/C14H16O/c1-11(2)9-14(15)8-7-13-6-4-5-12(3)10-13/h4-6,10-11H,9H2,1-3H3. The molecule has 0 spiro atoms. The lowest BCUT2D eigenvalue weighted by Crippen LogP contribution is -1.98. The molecule has 78 valence electrons. The largest absolute Gasteiger partial charge is 0.285 e. The molecule has 1 heteroatoms. The average molecular weight is 200 g/mol. The van der Waals surface area contributed by atoms with E-state index in [1.807, 2.05) is 45.0 Å². The second-order valence-corrected chi connectivity index (χ2v) is 4.14. The normalized spacial score (nSPS) is 9.60. The van der Waals surface area contributed by atoms with E-state index in [4.69, 9.17) is 0 Å². The molecule has 0 aliphatic carbocycles. The monoisotopic (exact) mass is 200 g/mol. The van der Waals surface area contributed by atoms with Crippen LogP contribution in [-0.4, -0.2) is 5.78 Å². The molecule has 1 nitrogen and oxygen atoms in total. The number of hydrogen-bond acceptors (Lipinski definition) is 1. The lowest BCUT2D eigenvalue weighted by atomic mass is 10.1. The van der Waals surface area contributed by atoms with E-state index in [1.54, 1.807) is 0 Å². The van der Waals surface area contributed by atoms with Crippen LogP contribution in [0.25, 0.3) is 0 Å². The number of rotatable bonds is 2. The van der Waals surface area contributed by atoms with Crippen molar-refractivity contribution in [2.45, 2.75) is 27.2 Å². The first-order chi connectivity index (χ1) is 7.08. The highest BCUT2D eigenvalue weighted by atomic mass is 16.1. The molecule has 0 atom stereocenters. The minimum absolute atomic E-state index is 0.0199. The van der Waals surface area contributed by atoms with E-state index in [1.165, 1.54) is 0 Å². The maximum Gasteiger partial charge on any atom is 0.206 e. The van der Waals surface area contributed by atoms with Crippen molar-refractivity contribution in [3.05, 3.63) is 35.4 Å². The van der Waals surface area contributed by atoms with Crippen LogP contribution in [0.3, 0.4) is 0 Å². The zero-order valence-electron chi connectivity index (χ0n) is 9.50. The van der Waals surface area contributed by atoms with E-state index in [-0.39, 0.29) is 5.78 Å². The van der Waals surface area contributed by atoms with Gasteiger partial charge in [-0.1, -0.05) is 31.9 Å². The summed E-state index contributed by atoms with van der Waals surface area (Å²) in [6.07, 6.45) is 0.540. The van der Waals surface area contributed by atoms with Crippen LogP contribution < -0.4 is 0 Å². The minimum atomic E-state index is 0.0199. The summed E-state index contributed by atoms with van der Waals surface area (Å²) in [4.78, 5) is 11.3. The van der Waals surface area contributed by atoms with Gasteiger partial charge in [0.25, 0.3) is 0 Å². The number of Topliss-reactive ketones (excluding diaryl/α,β-unsaturated/α-hetero) is 1. The van der Waals surface area contributed by atoms with E-state index in [0.717, 1.165) is 11.1 Å². The Kier molecular flexibility index (Phi) is 4.12. The van der Waals surface area contributed by atoms with Gasteiger partial charge in [0.1, 0.15) is 0 Å². The average Bonchev–Trinajstić information content (AvgIpc) is 2.14. The number of benzene rings is 1. The van der Waals surface area contributed by atoms with Gasteiger partial charge in [-0.25, -0.2) is 0 Å². The van der Waals surface area contributed by atoms with Crippen molar-refractivity contribution >= 4 is 5.78 Å². The van der Waals surface area contributed by atoms with Gasteiger partial charge in [-0.15, -0.1) is 0 Å². The molecule has 0 heterocycles. The van der Waals surface area contributed by atoms with Crippen LogP contribution in [-0.2, 0) is 4.79 Å². The molecule has 0 aliphatic heterocycles. The highest BCUT2D eigenvalue weighted by Crippen LogP contribution is 2.02. The fourth-order valence-corrected chi connectivity index (χ4v) is 1.29. The Morgan fingerprint density at radius 1 is 1.40 bits per heavy atom. The number of hydrogen-bond donors (Lipinski definition) is 0. The summed E-state index contributed by atoms with van der Waals surface area (Å²) in [5, 5.41) is 0. The molecule has 0 radical (unpaired) electrons. The van der Waals surface area contributed by atoms with E-state index in [9.17, 15) is 4.79 Å². The van der Waals surface area contributed by atoms with Crippen LogP contribution >= 0.6 is 0 Å². The van der Waals surface area contributed by atoms with E-state index < -0.39 is 0 Å². The fraction of sp³-hybridized carbons (Fsp3) is 0.357. The molecule has 0 bridgehead atoms. The third-order valence-corrected chi connectivity index (χ3v) is 1.96. The zero-order chi connectivity index (χ0) is 11.3. The Morgan fingerprint density at radius 3 is 2.73 bits per heavy atom. The third-order valence-electron chi connectivity index (χ3n) is 1.96. The third kappa shape index (κ3) is 4.46. The van der Waals surface area contributed by atoms with Crippen molar-refractivity contribution in [1.82, 2.24) is 0 Å².